The van der Waals surface area contributed by atoms with Gasteiger partial charge in [0.05, 0.1) is 10.3 Å². The van der Waals surface area contributed by atoms with Crippen LogP contribution in [0.5, 0.6) is 0 Å². The lowest BCUT2D eigenvalue weighted by Crippen LogP contribution is -2.32. The van der Waals surface area contributed by atoms with Gasteiger partial charge in [0.1, 0.15) is 6.67 Å². The normalized spacial score (nSPS) is 11.9. The lowest BCUT2D eigenvalue weighted by atomic mass is 9.94. The summed E-state index contributed by atoms with van der Waals surface area (Å²) in [6, 6.07) is 16.9. The van der Waals surface area contributed by atoms with Gasteiger partial charge in [-0.25, -0.2) is 12.8 Å². The van der Waals surface area contributed by atoms with Crippen molar-refractivity contribution in [2.75, 3.05) is 35.7 Å². The van der Waals surface area contributed by atoms with Gasteiger partial charge in [-0.05, 0) is 50.2 Å². The lowest BCUT2D eigenvalue weighted by Gasteiger charge is -2.19. The van der Waals surface area contributed by atoms with Crippen LogP contribution in [0.2, 0.25) is 0 Å². The van der Waals surface area contributed by atoms with Crippen molar-refractivity contribution < 1.29 is 17.6 Å². The van der Waals surface area contributed by atoms with Crippen LogP contribution in [0.15, 0.2) is 65.6 Å². The lowest BCUT2D eigenvalue weighted by molar-refractivity contribution is -0.124. The fourth-order valence-corrected chi connectivity index (χ4v) is 4.36. The fraction of sp³-hybridized carbons (Fsp3) is 0.261. The summed E-state index contributed by atoms with van der Waals surface area (Å²) in [4.78, 5) is 14.2. The molecular weight excluding hydrogens is 417 g/mol. The third-order valence-corrected chi connectivity index (χ3v) is 6.41. The molecule has 3 rings (SSSR count). The van der Waals surface area contributed by atoms with Crippen LogP contribution < -0.4 is 14.9 Å². The zero-order chi connectivity index (χ0) is 22.8. The van der Waals surface area contributed by atoms with Crippen molar-refractivity contribution in [1.82, 2.24) is 0 Å². The summed E-state index contributed by atoms with van der Waals surface area (Å²) in [6.45, 7) is 2.24. The Bertz CT molecular complexity index is 1210. The second kappa shape index (κ2) is 8.55. The number of benzene rings is 3. The summed E-state index contributed by atoms with van der Waals surface area (Å²) in [5.41, 5.74) is 0.588. The minimum absolute atomic E-state index is 0.177. The van der Waals surface area contributed by atoms with E-state index in [9.17, 15) is 17.6 Å². The minimum Gasteiger partial charge on any atom is -0.377 e. The molecule has 0 bridgehead atoms. The van der Waals surface area contributed by atoms with E-state index in [1.165, 1.54) is 13.8 Å². The SMILES string of the molecule is CN(C)c1cccc2c(S(=O)(=O)Nc3ccc(NC(=O)C(C)(C)CF)cc3)cccc12. The first-order valence-corrected chi connectivity index (χ1v) is 11.2. The van der Waals surface area contributed by atoms with Crippen molar-refractivity contribution in [3.8, 4) is 0 Å². The van der Waals surface area contributed by atoms with Crippen molar-refractivity contribution in [2.24, 2.45) is 5.41 Å². The maximum absolute atomic E-state index is 13.1. The van der Waals surface area contributed by atoms with Gasteiger partial charge in [-0.2, -0.15) is 0 Å². The molecule has 0 heterocycles. The molecule has 0 saturated heterocycles. The number of carbonyl (C=O) groups excluding carboxylic acids is 1. The van der Waals surface area contributed by atoms with Gasteiger partial charge >= 0.3 is 0 Å². The van der Waals surface area contributed by atoms with E-state index in [4.69, 9.17) is 0 Å². The number of amides is 1. The summed E-state index contributed by atoms with van der Waals surface area (Å²) < 4.78 is 41.7. The quantitative estimate of drug-likeness (QED) is 0.558. The number of hydrogen-bond acceptors (Lipinski definition) is 4. The van der Waals surface area contributed by atoms with E-state index in [-0.39, 0.29) is 4.90 Å². The molecule has 0 fully saturated rings. The molecule has 31 heavy (non-hydrogen) atoms. The van der Waals surface area contributed by atoms with Crippen molar-refractivity contribution in [3.05, 3.63) is 60.7 Å². The number of carbonyl (C=O) groups is 1. The van der Waals surface area contributed by atoms with Crippen LogP contribution >= 0.6 is 0 Å². The maximum Gasteiger partial charge on any atom is 0.262 e. The predicted octanol–water partition coefficient (Wildman–Crippen LogP) is 4.64. The van der Waals surface area contributed by atoms with Gasteiger partial charge in [-0.1, -0.05) is 24.3 Å². The van der Waals surface area contributed by atoms with Crippen molar-refractivity contribution in [2.45, 2.75) is 18.7 Å². The zero-order valence-electron chi connectivity index (χ0n) is 17.9. The van der Waals surface area contributed by atoms with E-state index in [0.29, 0.717) is 16.8 Å². The summed E-state index contributed by atoms with van der Waals surface area (Å²) >= 11 is 0. The smallest absolute Gasteiger partial charge is 0.262 e. The minimum atomic E-state index is -3.85. The molecule has 6 nitrogen and oxygen atoms in total. The van der Waals surface area contributed by atoms with E-state index in [1.54, 1.807) is 42.5 Å². The summed E-state index contributed by atoms with van der Waals surface area (Å²) in [5.74, 6) is -0.448. The number of nitrogens with zero attached hydrogens (tertiary/aromatic N) is 1. The number of sulfonamides is 1. The van der Waals surface area contributed by atoms with Gasteiger partial charge in [0, 0.05) is 41.9 Å². The Morgan fingerprint density at radius 1 is 0.935 bits per heavy atom. The molecule has 0 aromatic heterocycles. The molecule has 0 saturated carbocycles. The molecule has 0 unspecified atom stereocenters. The number of halogens is 1. The number of rotatable bonds is 7. The van der Waals surface area contributed by atoms with E-state index < -0.39 is 28.0 Å². The molecule has 0 aliphatic carbocycles. The first-order chi connectivity index (χ1) is 14.5. The molecule has 2 N–H and O–H groups in total. The van der Waals surface area contributed by atoms with Crippen LogP contribution in [0.25, 0.3) is 10.8 Å². The molecule has 164 valence electrons. The van der Waals surface area contributed by atoms with Gasteiger partial charge in [-0.3, -0.25) is 9.52 Å². The zero-order valence-corrected chi connectivity index (χ0v) is 18.8. The molecule has 0 atom stereocenters. The number of nitrogens with one attached hydrogen (secondary N) is 2. The van der Waals surface area contributed by atoms with Gasteiger partial charge in [-0.15, -0.1) is 0 Å². The first kappa shape index (κ1) is 22.6. The third kappa shape index (κ3) is 4.80. The Morgan fingerprint density at radius 3 is 2.13 bits per heavy atom. The largest absolute Gasteiger partial charge is 0.377 e. The van der Waals surface area contributed by atoms with E-state index >= 15 is 0 Å². The molecular formula is C23H26FN3O3S. The summed E-state index contributed by atoms with van der Waals surface area (Å²) in [5, 5.41) is 4.10. The Kier molecular flexibility index (Phi) is 6.22. The average molecular weight is 444 g/mol. The highest BCUT2D eigenvalue weighted by Crippen LogP contribution is 2.31. The molecule has 1 amide bonds. The van der Waals surface area contributed by atoms with E-state index in [2.05, 4.69) is 10.0 Å². The van der Waals surface area contributed by atoms with Crippen LogP contribution in [0.4, 0.5) is 21.5 Å². The van der Waals surface area contributed by atoms with Gasteiger partial charge in [0.15, 0.2) is 0 Å². The highest BCUT2D eigenvalue weighted by Gasteiger charge is 2.27. The van der Waals surface area contributed by atoms with Gasteiger partial charge in [0.2, 0.25) is 5.91 Å². The van der Waals surface area contributed by atoms with Crippen LogP contribution in [0.1, 0.15) is 13.8 Å². The van der Waals surface area contributed by atoms with Crippen molar-refractivity contribution >= 4 is 43.8 Å². The van der Waals surface area contributed by atoms with E-state index in [1.807, 2.05) is 37.2 Å². The Balaban J connectivity index is 1.86. The molecule has 0 radical (unpaired) electrons. The van der Waals surface area contributed by atoms with Crippen molar-refractivity contribution in [3.63, 3.8) is 0 Å². The second-order valence-electron chi connectivity index (χ2n) is 8.18. The third-order valence-electron chi connectivity index (χ3n) is 4.97. The Labute approximate surface area is 182 Å². The Hall–Kier alpha value is -3.13. The molecule has 0 aliphatic heterocycles. The Morgan fingerprint density at radius 2 is 1.52 bits per heavy atom. The van der Waals surface area contributed by atoms with Gasteiger partial charge in [0.25, 0.3) is 10.0 Å². The van der Waals surface area contributed by atoms with Crippen LogP contribution in [-0.2, 0) is 14.8 Å². The van der Waals surface area contributed by atoms with Crippen LogP contribution in [0.3, 0.4) is 0 Å². The number of alkyl halides is 1. The van der Waals surface area contributed by atoms with Gasteiger partial charge < -0.3 is 10.2 Å². The molecule has 0 aliphatic rings. The van der Waals surface area contributed by atoms with E-state index in [0.717, 1.165) is 11.1 Å². The standard InChI is InChI=1S/C23H26FN3O3S/c1-23(2,15-24)22(28)25-16-11-13-17(14-12-16)26-31(29,30)21-10-6-7-18-19(21)8-5-9-20(18)27(3)4/h5-14,26H,15H2,1-4H3,(H,25,28). The molecule has 0 spiro atoms. The molecule has 8 heteroatoms. The first-order valence-electron chi connectivity index (χ1n) is 9.74. The fourth-order valence-electron chi connectivity index (χ4n) is 3.08. The monoisotopic (exact) mass is 443 g/mol. The topological polar surface area (TPSA) is 78.5 Å². The summed E-state index contributed by atoms with van der Waals surface area (Å²) in [6.07, 6.45) is 0. The average Bonchev–Trinajstić information content (AvgIpc) is 2.73. The number of anilines is 3. The van der Waals surface area contributed by atoms with Crippen LogP contribution in [0, 0.1) is 5.41 Å². The number of hydrogen-bond donors (Lipinski definition) is 2. The predicted molar refractivity (Wildman–Crippen MR) is 124 cm³/mol. The maximum atomic E-state index is 13.1. The van der Waals surface area contributed by atoms with Crippen molar-refractivity contribution in [1.29, 1.82) is 0 Å². The summed E-state index contributed by atoms with van der Waals surface area (Å²) in [7, 11) is -0.0390. The molecule has 3 aromatic carbocycles. The second-order valence-corrected chi connectivity index (χ2v) is 9.83. The highest BCUT2D eigenvalue weighted by molar-refractivity contribution is 7.93. The highest BCUT2D eigenvalue weighted by atomic mass is 32.2. The number of fused-ring (bicyclic) bond motifs is 1. The van der Waals surface area contributed by atoms with Crippen LogP contribution in [-0.4, -0.2) is 35.1 Å². The molecule has 3 aromatic rings.